The Kier molecular flexibility index (Phi) is 4.07. The third kappa shape index (κ3) is 2.98. The van der Waals surface area contributed by atoms with Gasteiger partial charge in [-0.25, -0.2) is 9.78 Å². The number of nitrogens with one attached hydrogen (secondary N) is 1. The highest BCUT2D eigenvalue weighted by atomic mass is 16.5. The van der Waals surface area contributed by atoms with Crippen LogP contribution in [-0.4, -0.2) is 43.1 Å². The van der Waals surface area contributed by atoms with Crippen molar-refractivity contribution in [3.63, 3.8) is 0 Å². The SMILES string of the molecule is COC(=O)c1cc(N)cnc1N1CCC(NC(C)=O)C1. The molecule has 1 fully saturated rings. The number of carbonyl (C=O) groups excluding carboxylic acids is 2. The average molecular weight is 278 g/mol. The molecule has 1 aromatic rings. The molecule has 1 amide bonds. The third-order valence-electron chi connectivity index (χ3n) is 3.19. The van der Waals surface area contributed by atoms with Gasteiger partial charge in [-0.2, -0.15) is 0 Å². The van der Waals surface area contributed by atoms with Crippen molar-refractivity contribution in [2.24, 2.45) is 0 Å². The fourth-order valence-corrected chi connectivity index (χ4v) is 2.34. The Morgan fingerprint density at radius 1 is 1.55 bits per heavy atom. The van der Waals surface area contributed by atoms with E-state index in [1.165, 1.54) is 20.2 Å². The van der Waals surface area contributed by atoms with Gasteiger partial charge in [0.25, 0.3) is 0 Å². The van der Waals surface area contributed by atoms with Gasteiger partial charge in [-0.1, -0.05) is 0 Å². The normalized spacial score (nSPS) is 17.9. The number of nitrogens with two attached hydrogens (primary N) is 1. The first-order chi connectivity index (χ1) is 9.51. The van der Waals surface area contributed by atoms with Gasteiger partial charge in [0.05, 0.1) is 19.0 Å². The molecule has 20 heavy (non-hydrogen) atoms. The highest BCUT2D eigenvalue weighted by Crippen LogP contribution is 2.24. The van der Waals surface area contributed by atoms with E-state index in [0.29, 0.717) is 30.2 Å². The standard InChI is InChI=1S/C13H18N4O3/c1-8(18)16-10-3-4-17(7-10)12-11(13(19)20-2)5-9(14)6-15-12/h5-6,10H,3-4,7,14H2,1-2H3,(H,16,18). The molecule has 108 valence electrons. The molecule has 0 spiro atoms. The number of rotatable bonds is 3. The fraction of sp³-hybridized carbons (Fsp3) is 0.462. The molecule has 1 aromatic heterocycles. The zero-order valence-electron chi connectivity index (χ0n) is 11.5. The second-order valence-electron chi connectivity index (χ2n) is 4.76. The lowest BCUT2D eigenvalue weighted by atomic mass is 10.2. The summed E-state index contributed by atoms with van der Waals surface area (Å²) in [6.07, 6.45) is 2.32. The molecule has 7 heteroatoms. The first-order valence-electron chi connectivity index (χ1n) is 6.37. The predicted molar refractivity (Wildman–Crippen MR) is 74.4 cm³/mol. The number of nitrogen functional groups attached to an aromatic ring is 1. The summed E-state index contributed by atoms with van der Waals surface area (Å²) >= 11 is 0. The van der Waals surface area contributed by atoms with Crippen molar-refractivity contribution in [3.8, 4) is 0 Å². The van der Waals surface area contributed by atoms with Crippen LogP contribution in [0.5, 0.6) is 0 Å². The summed E-state index contributed by atoms with van der Waals surface area (Å²) in [5.41, 5.74) is 6.42. The molecule has 1 atom stereocenters. The first-order valence-corrected chi connectivity index (χ1v) is 6.37. The minimum Gasteiger partial charge on any atom is -0.465 e. The number of ether oxygens (including phenoxy) is 1. The molecule has 1 aliphatic heterocycles. The van der Waals surface area contributed by atoms with Crippen LogP contribution in [0.15, 0.2) is 12.3 Å². The maximum atomic E-state index is 11.8. The Bertz CT molecular complexity index is 532. The van der Waals surface area contributed by atoms with Gasteiger partial charge < -0.3 is 20.7 Å². The van der Waals surface area contributed by atoms with E-state index in [4.69, 9.17) is 10.5 Å². The number of amides is 1. The Morgan fingerprint density at radius 3 is 2.95 bits per heavy atom. The van der Waals surface area contributed by atoms with Crippen LogP contribution in [0.4, 0.5) is 11.5 Å². The van der Waals surface area contributed by atoms with Crippen molar-refractivity contribution in [1.29, 1.82) is 0 Å². The van der Waals surface area contributed by atoms with E-state index in [1.807, 2.05) is 4.90 Å². The zero-order chi connectivity index (χ0) is 14.7. The van der Waals surface area contributed by atoms with Crippen molar-refractivity contribution >= 4 is 23.4 Å². The highest BCUT2D eigenvalue weighted by Gasteiger charge is 2.27. The van der Waals surface area contributed by atoms with Crippen LogP contribution in [0, 0.1) is 0 Å². The van der Waals surface area contributed by atoms with Crippen molar-refractivity contribution in [3.05, 3.63) is 17.8 Å². The number of carbonyl (C=O) groups is 2. The van der Waals surface area contributed by atoms with E-state index in [2.05, 4.69) is 10.3 Å². The Labute approximate surface area is 117 Å². The van der Waals surface area contributed by atoms with E-state index in [0.717, 1.165) is 6.42 Å². The van der Waals surface area contributed by atoms with Crippen LogP contribution >= 0.6 is 0 Å². The molecule has 0 radical (unpaired) electrons. The Hall–Kier alpha value is -2.31. The zero-order valence-corrected chi connectivity index (χ0v) is 11.5. The molecule has 0 aromatic carbocycles. The monoisotopic (exact) mass is 278 g/mol. The number of methoxy groups -OCH3 is 1. The Balaban J connectivity index is 2.21. The van der Waals surface area contributed by atoms with Gasteiger partial charge in [0, 0.05) is 26.1 Å². The minimum atomic E-state index is -0.470. The summed E-state index contributed by atoms with van der Waals surface area (Å²) in [6.45, 7) is 2.82. The van der Waals surface area contributed by atoms with Crippen LogP contribution in [-0.2, 0) is 9.53 Å². The number of pyridine rings is 1. The molecule has 2 heterocycles. The molecular formula is C13H18N4O3. The third-order valence-corrected chi connectivity index (χ3v) is 3.19. The van der Waals surface area contributed by atoms with Crippen LogP contribution in [0.25, 0.3) is 0 Å². The number of hydrogen-bond acceptors (Lipinski definition) is 6. The minimum absolute atomic E-state index is 0.0599. The molecule has 0 saturated carbocycles. The van der Waals surface area contributed by atoms with Crippen molar-refractivity contribution in [2.45, 2.75) is 19.4 Å². The van der Waals surface area contributed by atoms with E-state index in [-0.39, 0.29) is 11.9 Å². The lowest BCUT2D eigenvalue weighted by Crippen LogP contribution is -2.36. The van der Waals surface area contributed by atoms with Crippen molar-refractivity contribution in [2.75, 3.05) is 30.8 Å². The topological polar surface area (TPSA) is 97.6 Å². The maximum absolute atomic E-state index is 11.8. The summed E-state index contributed by atoms with van der Waals surface area (Å²) in [4.78, 5) is 29.0. The van der Waals surface area contributed by atoms with Gasteiger partial charge in [-0.15, -0.1) is 0 Å². The molecular weight excluding hydrogens is 260 g/mol. The summed E-state index contributed by atoms with van der Waals surface area (Å²) in [5, 5.41) is 2.87. The smallest absolute Gasteiger partial charge is 0.341 e. The molecule has 2 rings (SSSR count). The molecule has 1 aliphatic rings. The van der Waals surface area contributed by atoms with Crippen LogP contribution in [0.3, 0.4) is 0 Å². The molecule has 7 nitrogen and oxygen atoms in total. The number of hydrogen-bond donors (Lipinski definition) is 2. The number of nitrogens with zero attached hydrogens (tertiary/aromatic N) is 2. The number of anilines is 2. The molecule has 1 unspecified atom stereocenters. The van der Waals surface area contributed by atoms with Crippen molar-refractivity contribution in [1.82, 2.24) is 10.3 Å². The second kappa shape index (κ2) is 5.77. The largest absolute Gasteiger partial charge is 0.465 e. The van der Waals surface area contributed by atoms with Gasteiger partial charge in [-0.3, -0.25) is 4.79 Å². The molecule has 0 bridgehead atoms. The summed E-state index contributed by atoms with van der Waals surface area (Å²) in [5.74, 6) is 0.0111. The second-order valence-corrected chi connectivity index (χ2v) is 4.76. The molecule has 0 aliphatic carbocycles. The first kappa shape index (κ1) is 14.1. The van der Waals surface area contributed by atoms with Crippen LogP contribution in [0.2, 0.25) is 0 Å². The van der Waals surface area contributed by atoms with Crippen LogP contribution in [0.1, 0.15) is 23.7 Å². The van der Waals surface area contributed by atoms with Gasteiger partial charge in [0.2, 0.25) is 5.91 Å². The van der Waals surface area contributed by atoms with E-state index in [9.17, 15) is 9.59 Å². The van der Waals surface area contributed by atoms with Gasteiger partial charge in [0.1, 0.15) is 11.4 Å². The highest BCUT2D eigenvalue weighted by molar-refractivity contribution is 5.95. The summed E-state index contributed by atoms with van der Waals surface area (Å²) < 4.78 is 4.75. The van der Waals surface area contributed by atoms with Gasteiger partial charge >= 0.3 is 5.97 Å². The number of esters is 1. The van der Waals surface area contributed by atoms with E-state index < -0.39 is 5.97 Å². The van der Waals surface area contributed by atoms with Gasteiger partial charge in [-0.05, 0) is 12.5 Å². The Morgan fingerprint density at radius 2 is 2.30 bits per heavy atom. The molecule has 1 saturated heterocycles. The predicted octanol–water partition coefficient (Wildman–Crippen LogP) is 0.165. The molecule has 3 N–H and O–H groups in total. The van der Waals surface area contributed by atoms with E-state index in [1.54, 1.807) is 6.07 Å². The lowest BCUT2D eigenvalue weighted by Gasteiger charge is -2.20. The maximum Gasteiger partial charge on any atom is 0.341 e. The number of aromatic nitrogens is 1. The average Bonchev–Trinajstić information content (AvgIpc) is 2.85. The van der Waals surface area contributed by atoms with Crippen molar-refractivity contribution < 1.29 is 14.3 Å². The summed E-state index contributed by atoms with van der Waals surface area (Å²) in [6, 6.07) is 1.62. The quantitative estimate of drug-likeness (QED) is 0.765. The fourth-order valence-electron chi connectivity index (χ4n) is 2.34. The van der Waals surface area contributed by atoms with Crippen LogP contribution < -0.4 is 16.0 Å². The van der Waals surface area contributed by atoms with Gasteiger partial charge in [0.15, 0.2) is 0 Å². The summed E-state index contributed by atoms with van der Waals surface area (Å²) in [7, 11) is 1.32. The van der Waals surface area contributed by atoms with E-state index >= 15 is 0 Å². The lowest BCUT2D eigenvalue weighted by molar-refractivity contribution is -0.119.